The summed E-state index contributed by atoms with van der Waals surface area (Å²) >= 11 is 0. The van der Waals surface area contributed by atoms with Crippen LogP contribution in [-0.4, -0.2) is 25.0 Å². The lowest BCUT2D eigenvalue weighted by Gasteiger charge is -2.12. The van der Waals surface area contributed by atoms with E-state index in [1.54, 1.807) is 42.5 Å². The van der Waals surface area contributed by atoms with Gasteiger partial charge in [0.25, 0.3) is 5.91 Å². The van der Waals surface area contributed by atoms with Crippen LogP contribution in [-0.2, 0) is 4.79 Å². The van der Waals surface area contributed by atoms with Crippen LogP contribution >= 0.6 is 0 Å². The monoisotopic (exact) mass is 388 g/mol. The SMILES string of the molecule is CC(C)CNC(=O)c1ccccc1NC(=O)/C=C/c1ccccc1OC(F)F. The van der Waals surface area contributed by atoms with E-state index in [4.69, 9.17) is 0 Å². The van der Waals surface area contributed by atoms with Crippen molar-refractivity contribution in [3.63, 3.8) is 0 Å². The molecule has 0 fully saturated rings. The Morgan fingerprint density at radius 1 is 1.07 bits per heavy atom. The molecule has 0 bridgehead atoms. The number of anilines is 1. The lowest BCUT2D eigenvalue weighted by Crippen LogP contribution is -2.28. The topological polar surface area (TPSA) is 67.4 Å². The molecular formula is C21H22F2N2O3. The first-order chi connectivity index (χ1) is 13.4. The molecule has 0 aliphatic carbocycles. The third-order valence-corrected chi connectivity index (χ3v) is 3.65. The standard InChI is InChI=1S/C21H22F2N2O3/c1-14(2)13-24-20(27)16-8-4-5-9-17(16)25-19(26)12-11-15-7-3-6-10-18(15)28-21(22)23/h3-12,14,21H,13H2,1-2H3,(H,24,27)(H,25,26)/b12-11+. The molecule has 0 aromatic heterocycles. The summed E-state index contributed by atoms with van der Waals surface area (Å²) in [6, 6.07) is 12.8. The van der Waals surface area contributed by atoms with Gasteiger partial charge in [-0.2, -0.15) is 8.78 Å². The average Bonchev–Trinajstić information content (AvgIpc) is 2.65. The number of para-hydroxylation sites is 2. The lowest BCUT2D eigenvalue weighted by molar-refractivity contribution is -0.111. The Kier molecular flexibility index (Phi) is 7.68. The maximum absolute atomic E-state index is 12.5. The normalized spacial score (nSPS) is 11.1. The summed E-state index contributed by atoms with van der Waals surface area (Å²) < 4.78 is 29.3. The molecular weight excluding hydrogens is 366 g/mol. The van der Waals surface area contributed by atoms with E-state index in [1.807, 2.05) is 13.8 Å². The molecule has 0 radical (unpaired) electrons. The van der Waals surface area contributed by atoms with Gasteiger partial charge in [0, 0.05) is 18.2 Å². The molecule has 0 unspecified atom stereocenters. The number of nitrogens with one attached hydrogen (secondary N) is 2. The molecule has 0 saturated carbocycles. The molecule has 2 amide bonds. The van der Waals surface area contributed by atoms with Gasteiger partial charge in [-0.05, 0) is 30.2 Å². The molecule has 0 atom stereocenters. The molecule has 0 spiro atoms. The van der Waals surface area contributed by atoms with E-state index in [9.17, 15) is 18.4 Å². The summed E-state index contributed by atoms with van der Waals surface area (Å²) in [5.41, 5.74) is 1.03. The van der Waals surface area contributed by atoms with E-state index in [-0.39, 0.29) is 11.7 Å². The van der Waals surface area contributed by atoms with Crippen LogP contribution in [0, 0.1) is 5.92 Å². The summed E-state index contributed by atoms with van der Waals surface area (Å²) in [5, 5.41) is 5.43. The van der Waals surface area contributed by atoms with Gasteiger partial charge in [-0.3, -0.25) is 9.59 Å². The first-order valence-electron chi connectivity index (χ1n) is 8.77. The second-order valence-electron chi connectivity index (χ2n) is 6.39. The van der Waals surface area contributed by atoms with Crippen molar-refractivity contribution in [2.75, 3.05) is 11.9 Å². The smallest absolute Gasteiger partial charge is 0.387 e. The van der Waals surface area contributed by atoms with Crippen LogP contribution < -0.4 is 15.4 Å². The predicted octanol–water partition coefficient (Wildman–Crippen LogP) is 4.33. The number of hydrogen-bond donors (Lipinski definition) is 2. The zero-order valence-electron chi connectivity index (χ0n) is 15.6. The molecule has 5 nitrogen and oxygen atoms in total. The largest absolute Gasteiger partial charge is 0.434 e. The van der Waals surface area contributed by atoms with E-state index in [2.05, 4.69) is 15.4 Å². The highest BCUT2D eigenvalue weighted by molar-refractivity contribution is 6.07. The highest BCUT2D eigenvalue weighted by Crippen LogP contribution is 2.22. The van der Waals surface area contributed by atoms with Crippen molar-refractivity contribution in [3.05, 3.63) is 65.7 Å². The van der Waals surface area contributed by atoms with E-state index >= 15 is 0 Å². The van der Waals surface area contributed by atoms with Gasteiger partial charge >= 0.3 is 6.61 Å². The van der Waals surface area contributed by atoms with Crippen LogP contribution in [0.5, 0.6) is 5.75 Å². The number of ether oxygens (including phenoxy) is 1. The average molecular weight is 388 g/mol. The minimum Gasteiger partial charge on any atom is -0.434 e. The predicted molar refractivity (Wildman–Crippen MR) is 104 cm³/mol. The Morgan fingerprint density at radius 2 is 1.75 bits per heavy atom. The molecule has 2 aromatic rings. The van der Waals surface area contributed by atoms with Crippen molar-refractivity contribution in [3.8, 4) is 5.75 Å². The molecule has 2 rings (SSSR count). The highest BCUT2D eigenvalue weighted by atomic mass is 19.3. The van der Waals surface area contributed by atoms with Gasteiger partial charge in [0.15, 0.2) is 0 Å². The van der Waals surface area contributed by atoms with Crippen LogP contribution in [0.25, 0.3) is 6.08 Å². The molecule has 0 aliphatic rings. The minimum atomic E-state index is -2.96. The molecule has 2 N–H and O–H groups in total. The van der Waals surface area contributed by atoms with Crippen molar-refractivity contribution in [1.82, 2.24) is 5.32 Å². The first kappa shape index (κ1) is 21.1. The van der Waals surface area contributed by atoms with Crippen LogP contribution in [0.2, 0.25) is 0 Å². The van der Waals surface area contributed by atoms with Crippen molar-refractivity contribution >= 4 is 23.6 Å². The first-order valence-corrected chi connectivity index (χ1v) is 8.77. The number of amides is 2. The molecule has 148 valence electrons. The van der Waals surface area contributed by atoms with Gasteiger partial charge in [-0.1, -0.05) is 44.2 Å². The molecule has 28 heavy (non-hydrogen) atoms. The fourth-order valence-corrected chi connectivity index (χ4v) is 2.34. The Labute approximate surface area is 162 Å². The number of benzene rings is 2. The van der Waals surface area contributed by atoms with Crippen LogP contribution in [0.3, 0.4) is 0 Å². The van der Waals surface area contributed by atoms with Gasteiger partial charge in [0.1, 0.15) is 5.75 Å². The van der Waals surface area contributed by atoms with Crippen LogP contribution in [0.1, 0.15) is 29.8 Å². The van der Waals surface area contributed by atoms with Crippen molar-refractivity contribution in [1.29, 1.82) is 0 Å². The fourth-order valence-electron chi connectivity index (χ4n) is 2.34. The Morgan fingerprint density at radius 3 is 2.46 bits per heavy atom. The van der Waals surface area contributed by atoms with Crippen molar-refractivity contribution < 1.29 is 23.1 Å². The number of halogens is 2. The second kappa shape index (κ2) is 10.2. The number of carbonyl (C=O) groups is 2. The van der Waals surface area contributed by atoms with Gasteiger partial charge in [-0.25, -0.2) is 0 Å². The maximum Gasteiger partial charge on any atom is 0.387 e. The maximum atomic E-state index is 12.5. The summed E-state index contributed by atoms with van der Waals surface area (Å²) in [4.78, 5) is 24.6. The molecule has 2 aromatic carbocycles. The van der Waals surface area contributed by atoms with Crippen LogP contribution in [0.4, 0.5) is 14.5 Å². The zero-order valence-corrected chi connectivity index (χ0v) is 15.6. The Balaban J connectivity index is 2.10. The third-order valence-electron chi connectivity index (χ3n) is 3.65. The van der Waals surface area contributed by atoms with Gasteiger partial charge in [-0.15, -0.1) is 0 Å². The number of alkyl halides is 2. The van der Waals surface area contributed by atoms with Gasteiger partial charge < -0.3 is 15.4 Å². The zero-order chi connectivity index (χ0) is 20.5. The number of rotatable bonds is 8. The van der Waals surface area contributed by atoms with E-state index < -0.39 is 12.5 Å². The molecule has 0 heterocycles. The van der Waals surface area contributed by atoms with Crippen molar-refractivity contribution in [2.24, 2.45) is 5.92 Å². The number of carbonyl (C=O) groups excluding carboxylic acids is 2. The van der Waals surface area contributed by atoms with E-state index in [0.29, 0.717) is 29.3 Å². The van der Waals surface area contributed by atoms with Crippen molar-refractivity contribution in [2.45, 2.75) is 20.5 Å². The molecule has 0 saturated heterocycles. The Bertz CT molecular complexity index is 851. The third kappa shape index (κ3) is 6.50. The quantitative estimate of drug-likeness (QED) is 0.662. The molecule has 0 aliphatic heterocycles. The van der Waals surface area contributed by atoms with Crippen LogP contribution in [0.15, 0.2) is 54.6 Å². The minimum absolute atomic E-state index is 0.0324. The highest BCUT2D eigenvalue weighted by Gasteiger charge is 2.12. The fraction of sp³-hybridized carbons (Fsp3) is 0.238. The van der Waals surface area contributed by atoms with E-state index in [0.717, 1.165) is 0 Å². The van der Waals surface area contributed by atoms with Gasteiger partial charge in [0.2, 0.25) is 5.91 Å². The number of hydrogen-bond acceptors (Lipinski definition) is 3. The van der Waals surface area contributed by atoms with Gasteiger partial charge in [0.05, 0.1) is 11.3 Å². The summed E-state index contributed by atoms with van der Waals surface area (Å²) in [6.45, 7) is 1.52. The second-order valence-corrected chi connectivity index (χ2v) is 6.39. The molecule has 7 heteroatoms. The Hall–Kier alpha value is -3.22. The summed E-state index contributed by atoms with van der Waals surface area (Å²) in [6.07, 6.45) is 2.56. The lowest BCUT2D eigenvalue weighted by atomic mass is 10.1. The van der Waals surface area contributed by atoms with E-state index in [1.165, 1.54) is 18.2 Å². The summed E-state index contributed by atoms with van der Waals surface area (Å²) in [5.74, 6) is -0.528. The summed E-state index contributed by atoms with van der Waals surface area (Å²) in [7, 11) is 0.